The highest BCUT2D eigenvalue weighted by Crippen LogP contribution is 2.23. The molecule has 0 saturated carbocycles. The first-order chi connectivity index (χ1) is 10.2. The fraction of sp³-hybridized carbons (Fsp3) is 0.400. The van der Waals surface area contributed by atoms with Crippen LogP contribution in [0.4, 0.5) is 5.95 Å². The van der Waals surface area contributed by atoms with Crippen LogP contribution >= 0.6 is 11.6 Å². The van der Waals surface area contributed by atoms with Crippen LogP contribution in [0.1, 0.15) is 32.3 Å². The van der Waals surface area contributed by atoms with Gasteiger partial charge < -0.3 is 5.32 Å². The molecule has 0 atom stereocenters. The summed E-state index contributed by atoms with van der Waals surface area (Å²) in [6.45, 7) is 4.87. The van der Waals surface area contributed by atoms with E-state index in [4.69, 9.17) is 11.6 Å². The Hall–Kier alpha value is -1.88. The lowest BCUT2D eigenvalue weighted by Gasteiger charge is -2.12. The maximum atomic E-state index is 12.2. The molecule has 1 heterocycles. The molecule has 0 spiro atoms. The molecule has 0 bridgehead atoms. The van der Waals surface area contributed by atoms with Crippen LogP contribution in [0.25, 0.3) is 5.69 Å². The number of halogens is 1. The molecule has 0 fully saturated rings. The fourth-order valence-corrected chi connectivity index (χ4v) is 2.35. The van der Waals surface area contributed by atoms with E-state index in [0.29, 0.717) is 16.7 Å². The number of nitrogens with zero attached hydrogens (tertiary/aromatic N) is 3. The molecule has 1 N–H and O–H groups in total. The number of anilines is 1. The van der Waals surface area contributed by atoms with Crippen LogP contribution in [0.2, 0.25) is 5.02 Å². The van der Waals surface area contributed by atoms with Gasteiger partial charge in [0.2, 0.25) is 5.95 Å². The van der Waals surface area contributed by atoms with Gasteiger partial charge in [0.25, 0.3) is 0 Å². The van der Waals surface area contributed by atoms with Gasteiger partial charge >= 0.3 is 5.69 Å². The number of aromatic nitrogens is 3. The zero-order valence-electron chi connectivity index (χ0n) is 12.3. The van der Waals surface area contributed by atoms with Crippen molar-refractivity contribution in [1.29, 1.82) is 0 Å². The highest BCUT2D eigenvalue weighted by atomic mass is 35.5. The molecule has 2 rings (SSSR count). The van der Waals surface area contributed by atoms with Gasteiger partial charge in [0.05, 0.1) is 10.7 Å². The molecular weight excluding hydrogens is 288 g/mol. The third-order valence-corrected chi connectivity index (χ3v) is 3.51. The van der Waals surface area contributed by atoms with Gasteiger partial charge in [-0.3, -0.25) is 0 Å². The summed E-state index contributed by atoms with van der Waals surface area (Å²) in [6.07, 6.45) is 4.34. The minimum Gasteiger partial charge on any atom is -0.354 e. The number of hydrogen-bond acceptors (Lipinski definition) is 4. The zero-order valence-corrected chi connectivity index (χ0v) is 13.0. The number of rotatable bonds is 6. The van der Waals surface area contributed by atoms with E-state index in [-0.39, 0.29) is 5.69 Å². The van der Waals surface area contributed by atoms with Crippen molar-refractivity contribution in [2.24, 2.45) is 0 Å². The van der Waals surface area contributed by atoms with Crippen molar-refractivity contribution in [3.63, 3.8) is 0 Å². The van der Waals surface area contributed by atoms with E-state index in [1.54, 1.807) is 6.07 Å². The molecular formula is C15H19ClN4O. The molecule has 0 aliphatic heterocycles. The first-order valence-electron chi connectivity index (χ1n) is 7.14. The molecule has 5 nitrogen and oxygen atoms in total. The summed E-state index contributed by atoms with van der Waals surface area (Å²) >= 11 is 6.23. The predicted octanol–water partition coefficient (Wildman–Crippen LogP) is 3.06. The largest absolute Gasteiger partial charge is 0.356 e. The molecule has 21 heavy (non-hydrogen) atoms. The smallest absolute Gasteiger partial charge is 0.354 e. The van der Waals surface area contributed by atoms with E-state index in [1.807, 2.05) is 19.1 Å². The monoisotopic (exact) mass is 306 g/mol. The van der Waals surface area contributed by atoms with Gasteiger partial charge in [0, 0.05) is 6.54 Å². The summed E-state index contributed by atoms with van der Waals surface area (Å²) in [5, 5.41) is 3.56. The number of benzene rings is 1. The van der Waals surface area contributed by atoms with Crippen LogP contribution in [0.5, 0.6) is 0 Å². The topological polar surface area (TPSA) is 59.8 Å². The molecule has 6 heteroatoms. The van der Waals surface area contributed by atoms with Gasteiger partial charge in [0.1, 0.15) is 6.33 Å². The minimum atomic E-state index is -0.383. The summed E-state index contributed by atoms with van der Waals surface area (Å²) in [5.41, 5.74) is 1.26. The quantitative estimate of drug-likeness (QED) is 0.833. The molecule has 2 aromatic rings. The Balaban J connectivity index is 2.36. The lowest BCUT2D eigenvalue weighted by Crippen LogP contribution is -2.24. The van der Waals surface area contributed by atoms with Crippen LogP contribution in [-0.2, 0) is 6.42 Å². The number of unbranched alkanes of at least 4 members (excludes halogenated alkanes) is 1. The zero-order chi connectivity index (χ0) is 15.2. The SMILES string of the molecule is CCCCNc1ncn(-c2c(Cl)cccc2CC)c(=O)n1. The Morgan fingerprint density at radius 3 is 2.81 bits per heavy atom. The Labute approximate surface area is 129 Å². The second-order valence-electron chi connectivity index (χ2n) is 4.71. The summed E-state index contributed by atoms with van der Waals surface area (Å²) in [6, 6.07) is 5.58. The lowest BCUT2D eigenvalue weighted by molar-refractivity contribution is 0.805. The first kappa shape index (κ1) is 15.5. The van der Waals surface area contributed by atoms with Crippen LogP contribution < -0.4 is 11.0 Å². The van der Waals surface area contributed by atoms with E-state index in [2.05, 4.69) is 22.2 Å². The highest BCUT2D eigenvalue weighted by molar-refractivity contribution is 6.32. The van der Waals surface area contributed by atoms with Gasteiger partial charge in [-0.1, -0.05) is 44.0 Å². The Morgan fingerprint density at radius 1 is 1.33 bits per heavy atom. The Kier molecular flexibility index (Phi) is 5.33. The summed E-state index contributed by atoms with van der Waals surface area (Å²) in [4.78, 5) is 20.4. The van der Waals surface area contributed by atoms with Crippen molar-refractivity contribution in [2.75, 3.05) is 11.9 Å². The molecule has 0 aliphatic rings. The summed E-state index contributed by atoms with van der Waals surface area (Å²) in [7, 11) is 0. The van der Waals surface area contributed by atoms with Gasteiger partial charge in [-0.05, 0) is 24.5 Å². The average Bonchev–Trinajstić information content (AvgIpc) is 2.48. The molecule has 0 aliphatic carbocycles. The van der Waals surface area contributed by atoms with E-state index < -0.39 is 0 Å². The third kappa shape index (κ3) is 3.61. The Morgan fingerprint density at radius 2 is 2.14 bits per heavy atom. The van der Waals surface area contributed by atoms with Gasteiger partial charge in [-0.25, -0.2) is 14.3 Å². The van der Waals surface area contributed by atoms with Crippen molar-refractivity contribution in [1.82, 2.24) is 14.5 Å². The molecule has 0 amide bonds. The third-order valence-electron chi connectivity index (χ3n) is 3.21. The van der Waals surface area contributed by atoms with Gasteiger partial charge in [-0.2, -0.15) is 4.98 Å². The molecule has 0 saturated heterocycles. The van der Waals surface area contributed by atoms with Gasteiger partial charge in [0.15, 0.2) is 0 Å². The Bertz CT molecular complexity index is 669. The maximum absolute atomic E-state index is 12.2. The molecule has 112 valence electrons. The maximum Gasteiger partial charge on any atom is 0.356 e. The normalized spacial score (nSPS) is 10.6. The second-order valence-corrected chi connectivity index (χ2v) is 5.12. The average molecular weight is 307 g/mol. The predicted molar refractivity (Wildman–Crippen MR) is 85.4 cm³/mol. The number of para-hydroxylation sites is 1. The van der Waals surface area contributed by atoms with Crippen LogP contribution in [0, 0.1) is 0 Å². The molecule has 0 radical (unpaired) electrons. The molecule has 1 aromatic heterocycles. The highest BCUT2D eigenvalue weighted by Gasteiger charge is 2.11. The number of aryl methyl sites for hydroxylation is 1. The summed E-state index contributed by atoms with van der Waals surface area (Å²) in [5.74, 6) is 0.356. The number of hydrogen-bond donors (Lipinski definition) is 1. The van der Waals surface area contributed by atoms with Gasteiger partial charge in [-0.15, -0.1) is 0 Å². The van der Waals surface area contributed by atoms with Crippen LogP contribution in [0.15, 0.2) is 29.3 Å². The molecule has 1 aromatic carbocycles. The standard InChI is InChI=1S/C15H19ClN4O/c1-3-5-9-17-14-18-10-20(15(21)19-14)13-11(4-2)7-6-8-12(13)16/h6-8,10H,3-5,9H2,1-2H3,(H,17,19,21). The summed E-state index contributed by atoms with van der Waals surface area (Å²) < 4.78 is 1.40. The lowest BCUT2D eigenvalue weighted by atomic mass is 10.1. The van der Waals surface area contributed by atoms with E-state index >= 15 is 0 Å². The van der Waals surface area contributed by atoms with Crippen LogP contribution in [-0.4, -0.2) is 21.1 Å². The van der Waals surface area contributed by atoms with Crippen molar-refractivity contribution < 1.29 is 0 Å². The van der Waals surface area contributed by atoms with Crippen molar-refractivity contribution >= 4 is 17.5 Å². The van der Waals surface area contributed by atoms with Crippen molar-refractivity contribution in [3.05, 3.63) is 45.6 Å². The molecule has 0 unspecified atom stereocenters. The first-order valence-corrected chi connectivity index (χ1v) is 7.52. The van der Waals surface area contributed by atoms with Crippen molar-refractivity contribution in [3.8, 4) is 5.69 Å². The fourth-order valence-electron chi connectivity index (χ4n) is 2.07. The minimum absolute atomic E-state index is 0.356. The number of nitrogens with one attached hydrogen (secondary N) is 1. The van der Waals surface area contributed by atoms with Crippen LogP contribution in [0.3, 0.4) is 0 Å². The van der Waals surface area contributed by atoms with E-state index in [1.165, 1.54) is 10.9 Å². The second kappa shape index (κ2) is 7.22. The van der Waals surface area contributed by atoms with Crippen molar-refractivity contribution in [2.45, 2.75) is 33.1 Å². The van der Waals surface area contributed by atoms with E-state index in [0.717, 1.165) is 31.4 Å². The van der Waals surface area contributed by atoms with E-state index in [9.17, 15) is 4.79 Å².